The minimum Gasteiger partial charge on any atom is -0.477 e. The average Bonchev–Trinajstić information content (AvgIpc) is 3.11. The van der Waals surface area contributed by atoms with Gasteiger partial charge in [-0.25, -0.2) is 4.79 Å². The molecule has 1 aliphatic rings. The van der Waals surface area contributed by atoms with E-state index in [0.29, 0.717) is 11.2 Å². The van der Waals surface area contributed by atoms with Crippen LogP contribution in [0.5, 0.6) is 0 Å². The highest BCUT2D eigenvalue weighted by molar-refractivity contribution is 9.10. The lowest BCUT2D eigenvalue weighted by atomic mass is 9.77. The lowest BCUT2D eigenvalue weighted by Gasteiger charge is -2.55. The van der Waals surface area contributed by atoms with Crippen LogP contribution < -0.4 is 5.73 Å². The van der Waals surface area contributed by atoms with Gasteiger partial charge in [0.25, 0.3) is 5.79 Å². The SMILES string of the molecule is N[C@@]1(Br)[C@H](C(O)C(O)CO)OC(O)(C(=O)O)C(C(=O)Cc2cc3ccccc3[nH]2)[C@@]1(O)Cl. The predicted molar refractivity (Wildman–Crippen MR) is 114 cm³/mol. The van der Waals surface area contributed by atoms with Crippen molar-refractivity contribution in [2.45, 2.75) is 40.0 Å². The molecular weight excluding hydrogens is 516 g/mol. The van der Waals surface area contributed by atoms with E-state index in [4.69, 9.17) is 27.2 Å². The van der Waals surface area contributed by atoms with Crippen LogP contribution >= 0.6 is 27.5 Å². The minimum atomic E-state index is -3.43. The van der Waals surface area contributed by atoms with Crippen LogP contribution in [0.25, 0.3) is 10.9 Å². The number of ketones is 1. The summed E-state index contributed by atoms with van der Waals surface area (Å²) in [6.07, 6.45) is -6.55. The maximum Gasteiger partial charge on any atom is 0.365 e. The van der Waals surface area contributed by atoms with E-state index in [1.54, 1.807) is 30.3 Å². The van der Waals surface area contributed by atoms with Crippen LogP contribution in [0.15, 0.2) is 30.3 Å². The van der Waals surface area contributed by atoms with Crippen LogP contribution in [-0.4, -0.2) is 87.6 Å². The van der Waals surface area contributed by atoms with Crippen molar-refractivity contribution < 1.29 is 45.0 Å². The molecule has 2 aromatic rings. The van der Waals surface area contributed by atoms with Gasteiger partial charge in [-0.3, -0.25) is 4.79 Å². The zero-order valence-corrected chi connectivity index (χ0v) is 18.7. The maximum atomic E-state index is 13.1. The highest BCUT2D eigenvalue weighted by atomic mass is 79.9. The molecule has 4 unspecified atom stereocenters. The topological polar surface area (TPSA) is 207 Å². The molecule has 0 amide bonds. The van der Waals surface area contributed by atoms with Crippen LogP contribution in [0.3, 0.4) is 0 Å². The molecule has 0 saturated carbocycles. The Morgan fingerprint density at radius 2 is 1.91 bits per heavy atom. The van der Waals surface area contributed by atoms with Crippen molar-refractivity contribution in [1.29, 1.82) is 0 Å². The molecule has 13 heteroatoms. The van der Waals surface area contributed by atoms with E-state index in [2.05, 4.69) is 20.9 Å². The van der Waals surface area contributed by atoms with Gasteiger partial charge in [0, 0.05) is 17.6 Å². The van der Waals surface area contributed by atoms with Gasteiger partial charge in [0.1, 0.15) is 28.7 Å². The highest BCUT2D eigenvalue weighted by Gasteiger charge is 2.73. The summed E-state index contributed by atoms with van der Waals surface area (Å²) >= 11 is 9.03. The Morgan fingerprint density at radius 1 is 1.28 bits per heavy atom. The van der Waals surface area contributed by atoms with Gasteiger partial charge in [-0.2, -0.15) is 0 Å². The number of carbonyl (C=O) groups is 2. The summed E-state index contributed by atoms with van der Waals surface area (Å²) in [6, 6.07) is 8.69. The molecule has 3 rings (SSSR count). The van der Waals surface area contributed by atoms with E-state index in [1.807, 2.05) is 0 Å². The number of ether oxygens (including phenoxy) is 1. The lowest BCUT2D eigenvalue weighted by Crippen LogP contribution is -2.79. The van der Waals surface area contributed by atoms with Gasteiger partial charge < -0.3 is 46.1 Å². The molecule has 11 nitrogen and oxygen atoms in total. The second-order valence-electron chi connectivity index (χ2n) is 7.68. The number of halogens is 2. The number of carboxylic acids is 1. The molecule has 7 atom stereocenters. The number of para-hydroxylation sites is 1. The molecule has 0 aliphatic carbocycles. The van der Waals surface area contributed by atoms with Gasteiger partial charge in [0.2, 0.25) is 0 Å². The first kappa shape index (κ1) is 25.0. The van der Waals surface area contributed by atoms with Crippen LogP contribution in [0.4, 0.5) is 0 Å². The van der Waals surface area contributed by atoms with Gasteiger partial charge in [0.15, 0.2) is 10.8 Å². The summed E-state index contributed by atoms with van der Waals surface area (Å²) in [5.41, 5.74) is 7.02. The first-order valence-corrected chi connectivity index (χ1v) is 10.5. The van der Waals surface area contributed by atoms with Crippen LogP contribution in [-0.2, 0) is 20.7 Å². The monoisotopic (exact) mass is 536 g/mol. The predicted octanol–water partition coefficient (Wildman–Crippen LogP) is -1.24. The number of fused-ring (bicyclic) bond motifs is 1. The summed E-state index contributed by atoms with van der Waals surface area (Å²) in [7, 11) is 0. The number of aromatic nitrogens is 1. The summed E-state index contributed by atoms with van der Waals surface area (Å²) in [5, 5.41) is 58.3. The molecule has 1 aromatic carbocycles. The first-order valence-electron chi connectivity index (χ1n) is 9.36. The summed E-state index contributed by atoms with van der Waals surface area (Å²) in [6.45, 7) is -0.987. The molecule has 1 fully saturated rings. The van der Waals surface area contributed by atoms with Gasteiger partial charge in [-0.1, -0.05) is 45.7 Å². The van der Waals surface area contributed by atoms with Gasteiger partial charge in [0.05, 0.1) is 6.61 Å². The number of nitrogens with two attached hydrogens (primary N) is 1. The number of benzene rings is 1. The Labute approximate surface area is 194 Å². The lowest BCUT2D eigenvalue weighted by molar-refractivity contribution is -0.322. The van der Waals surface area contributed by atoms with Crippen molar-refractivity contribution >= 4 is 50.2 Å². The fourth-order valence-electron chi connectivity index (χ4n) is 3.78. The van der Waals surface area contributed by atoms with E-state index in [-0.39, 0.29) is 0 Å². The molecular formula is C19H22BrClN2O9. The smallest absolute Gasteiger partial charge is 0.365 e. The number of H-pyrrole nitrogens is 1. The molecule has 1 aliphatic heterocycles. The number of carboxylic acid groups (broad SMARTS) is 1. The van der Waals surface area contributed by atoms with Crippen molar-refractivity contribution in [3.63, 3.8) is 0 Å². The minimum absolute atomic E-state index is 0.339. The van der Waals surface area contributed by atoms with E-state index in [1.165, 1.54) is 0 Å². The second kappa shape index (κ2) is 8.63. The highest BCUT2D eigenvalue weighted by Crippen LogP contribution is 2.51. The number of nitrogens with one attached hydrogen (secondary N) is 1. The van der Waals surface area contributed by atoms with Crippen molar-refractivity contribution in [3.05, 3.63) is 36.0 Å². The second-order valence-corrected chi connectivity index (χ2v) is 9.57. The number of aromatic amines is 1. The third-order valence-electron chi connectivity index (χ3n) is 5.50. The zero-order chi connectivity index (χ0) is 24.1. The molecule has 1 aromatic heterocycles. The number of Topliss-reactive ketones (excluding diaryl/α,β-unsaturated/α-hetero) is 1. The number of aliphatic carboxylic acids is 1. The fraction of sp³-hybridized carbons (Fsp3) is 0.474. The van der Waals surface area contributed by atoms with Crippen LogP contribution in [0.2, 0.25) is 0 Å². The summed E-state index contributed by atoms with van der Waals surface area (Å²) < 4.78 is 2.64. The van der Waals surface area contributed by atoms with E-state index in [9.17, 15) is 35.1 Å². The number of alkyl halides is 2. The molecule has 0 bridgehead atoms. The first-order chi connectivity index (χ1) is 14.8. The molecule has 0 radical (unpaired) electrons. The van der Waals surface area contributed by atoms with Crippen molar-refractivity contribution in [2.75, 3.05) is 6.61 Å². The number of hydrogen-bond acceptors (Lipinski definition) is 9. The Bertz CT molecular complexity index is 996. The van der Waals surface area contributed by atoms with Gasteiger partial charge in [-0.05, 0) is 17.5 Å². The van der Waals surface area contributed by atoms with E-state index < -0.39 is 64.3 Å². The van der Waals surface area contributed by atoms with Crippen LogP contribution in [0, 0.1) is 5.92 Å². The molecule has 9 N–H and O–H groups in total. The average molecular weight is 538 g/mol. The molecule has 2 heterocycles. The largest absolute Gasteiger partial charge is 0.477 e. The van der Waals surface area contributed by atoms with Crippen molar-refractivity contribution in [3.8, 4) is 0 Å². The van der Waals surface area contributed by atoms with Crippen molar-refractivity contribution in [1.82, 2.24) is 4.98 Å². The molecule has 176 valence electrons. The third kappa shape index (κ3) is 3.95. The maximum absolute atomic E-state index is 13.1. The Hall–Kier alpha value is -1.61. The fourth-order valence-corrected chi connectivity index (χ4v) is 4.75. The summed E-state index contributed by atoms with van der Waals surface area (Å²) in [5.74, 6) is -8.90. The number of aliphatic hydroxyl groups excluding tert-OH is 3. The quantitative estimate of drug-likeness (QED) is 0.156. The number of rotatable bonds is 7. The Balaban J connectivity index is 2.02. The number of carbonyl (C=O) groups excluding carboxylic acids is 1. The Kier molecular flexibility index (Phi) is 6.75. The molecule has 1 saturated heterocycles. The molecule has 32 heavy (non-hydrogen) atoms. The van der Waals surface area contributed by atoms with Gasteiger partial charge in [-0.15, -0.1) is 0 Å². The zero-order valence-electron chi connectivity index (χ0n) is 16.4. The molecule has 0 spiro atoms. The normalized spacial score (nSPS) is 34.9. The van der Waals surface area contributed by atoms with Gasteiger partial charge >= 0.3 is 5.97 Å². The van der Waals surface area contributed by atoms with E-state index in [0.717, 1.165) is 5.39 Å². The third-order valence-corrected chi connectivity index (χ3v) is 7.32. The number of aliphatic hydroxyl groups is 5. The number of hydrogen-bond donors (Lipinski definition) is 8. The van der Waals surface area contributed by atoms with Crippen molar-refractivity contribution in [2.24, 2.45) is 11.7 Å². The Morgan fingerprint density at radius 3 is 2.47 bits per heavy atom. The summed E-state index contributed by atoms with van der Waals surface area (Å²) in [4.78, 5) is 28.0. The van der Waals surface area contributed by atoms with Crippen LogP contribution in [0.1, 0.15) is 5.69 Å². The standard InChI is InChI=1S/C19H22BrClN2O9/c20-18(22)15(13(27)12(26)7-24)32-17(30,16(28)29)14(19(18,21)31)11(25)6-9-5-8-3-1-2-4-10(8)23-9/h1-5,12-15,23-24,26-27,30-31H,6-7,22H2,(H,28,29)/t12?,13?,14?,15-,17?,18-,19-/m0/s1. The van der Waals surface area contributed by atoms with E-state index >= 15 is 0 Å².